The average molecular weight is 246 g/mol. The number of ether oxygens (including phenoxy) is 1. The van der Waals surface area contributed by atoms with E-state index in [9.17, 15) is 4.39 Å². The molecule has 0 saturated heterocycles. The topological polar surface area (TPSA) is 87.0 Å². The van der Waals surface area contributed by atoms with E-state index in [0.29, 0.717) is 18.1 Å². The Morgan fingerprint density at radius 3 is 2.61 bits per heavy atom. The molecule has 18 heavy (non-hydrogen) atoms. The zero-order chi connectivity index (χ0) is 12.7. The first kappa shape index (κ1) is 10.9. The molecule has 0 bridgehead atoms. The highest BCUT2D eigenvalue weighted by molar-refractivity contribution is 5.51. The van der Waals surface area contributed by atoms with Crippen LogP contribution in [-0.2, 0) is 11.3 Å². The summed E-state index contributed by atoms with van der Waals surface area (Å²) in [6.07, 6.45) is -0.360. The molecule has 0 amide bonds. The van der Waals surface area contributed by atoms with Gasteiger partial charge in [0.2, 0.25) is 5.95 Å². The second kappa shape index (κ2) is 3.92. The van der Waals surface area contributed by atoms with Gasteiger partial charge in [0.1, 0.15) is 17.7 Å². The number of nitrogen functional groups attached to an aromatic ring is 2. The van der Waals surface area contributed by atoms with E-state index in [1.165, 1.54) is 12.1 Å². The molecule has 6 heteroatoms. The lowest BCUT2D eigenvalue weighted by molar-refractivity contribution is 0.0931. The van der Waals surface area contributed by atoms with Crippen LogP contribution < -0.4 is 11.5 Å². The molecule has 2 heterocycles. The van der Waals surface area contributed by atoms with Gasteiger partial charge in [-0.25, -0.2) is 9.37 Å². The summed E-state index contributed by atoms with van der Waals surface area (Å²) >= 11 is 0. The van der Waals surface area contributed by atoms with Crippen molar-refractivity contribution in [2.24, 2.45) is 0 Å². The van der Waals surface area contributed by atoms with E-state index in [-0.39, 0.29) is 17.9 Å². The van der Waals surface area contributed by atoms with Crippen molar-refractivity contribution in [2.45, 2.75) is 12.7 Å². The van der Waals surface area contributed by atoms with Gasteiger partial charge >= 0.3 is 0 Å². The summed E-state index contributed by atoms with van der Waals surface area (Å²) in [6, 6.07) is 6.08. The van der Waals surface area contributed by atoms with Crippen LogP contribution in [0.15, 0.2) is 24.3 Å². The van der Waals surface area contributed by atoms with Crippen LogP contribution in [0.3, 0.4) is 0 Å². The number of hydrogen-bond donors (Lipinski definition) is 2. The summed E-state index contributed by atoms with van der Waals surface area (Å²) in [6.45, 7) is 0.328. The highest BCUT2D eigenvalue weighted by Gasteiger charge is 2.29. The third-order valence-corrected chi connectivity index (χ3v) is 2.89. The van der Waals surface area contributed by atoms with Crippen molar-refractivity contribution in [3.8, 4) is 0 Å². The van der Waals surface area contributed by atoms with Crippen molar-refractivity contribution in [3.05, 3.63) is 46.9 Å². The molecule has 1 aliphatic rings. The number of nitrogens with zero attached hydrogens (tertiary/aromatic N) is 2. The summed E-state index contributed by atoms with van der Waals surface area (Å²) < 4.78 is 18.5. The van der Waals surface area contributed by atoms with Crippen molar-refractivity contribution in [1.29, 1.82) is 0 Å². The van der Waals surface area contributed by atoms with E-state index in [0.717, 1.165) is 11.1 Å². The molecule has 0 fully saturated rings. The minimum Gasteiger partial charge on any atom is -0.383 e. The minimum atomic E-state index is -0.360. The Morgan fingerprint density at radius 1 is 1.17 bits per heavy atom. The van der Waals surface area contributed by atoms with Crippen LogP contribution in [0.2, 0.25) is 0 Å². The molecule has 1 unspecified atom stereocenters. The average Bonchev–Trinajstić information content (AvgIpc) is 2.74. The van der Waals surface area contributed by atoms with Crippen molar-refractivity contribution in [3.63, 3.8) is 0 Å². The van der Waals surface area contributed by atoms with Gasteiger partial charge in [0, 0.05) is 0 Å². The Balaban J connectivity index is 2.07. The van der Waals surface area contributed by atoms with Gasteiger partial charge in [0.15, 0.2) is 0 Å². The molecule has 0 radical (unpaired) electrons. The number of benzene rings is 1. The summed E-state index contributed by atoms with van der Waals surface area (Å²) in [5.41, 5.74) is 13.6. The van der Waals surface area contributed by atoms with E-state index in [4.69, 9.17) is 16.2 Å². The van der Waals surface area contributed by atoms with Crippen LogP contribution in [0.5, 0.6) is 0 Å². The van der Waals surface area contributed by atoms with Gasteiger partial charge in [-0.15, -0.1) is 0 Å². The molecule has 2 aromatic rings. The molecule has 0 saturated carbocycles. The largest absolute Gasteiger partial charge is 0.383 e. The van der Waals surface area contributed by atoms with Crippen LogP contribution >= 0.6 is 0 Å². The number of halogens is 1. The normalized spacial score (nSPS) is 17.7. The maximum Gasteiger partial charge on any atom is 0.222 e. The van der Waals surface area contributed by atoms with Gasteiger partial charge in [-0.1, -0.05) is 12.1 Å². The van der Waals surface area contributed by atoms with Crippen molar-refractivity contribution in [1.82, 2.24) is 9.97 Å². The second-order valence-electron chi connectivity index (χ2n) is 4.07. The SMILES string of the molecule is Nc1nc(N)c2c(n1)COC2c1ccc(F)cc1. The highest BCUT2D eigenvalue weighted by Crippen LogP contribution is 2.37. The fourth-order valence-electron chi connectivity index (χ4n) is 2.10. The number of hydrogen-bond acceptors (Lipinski definition) is 5. The first-order valence-electron chi connectivity index (χ1n) is 5.44. The van der Waals surface area contributed by atoms with Crippen LogP contribution in [-0.4, -0.2) is 9.97 Å². The second-order valence-corrected chi connectivity index (χ2v) is 4.07. The Morgan fingerprint density at radius 2 is 1.89 bits per heavy atom. The van der Waals surface area contributed by atoms with Gasteiger partial charge < -0.3 is 16.2 Å². The fraction of sp³-hybridized carbons (Fsp3) is 0.167. The fourth-order valence-corrected chi connectivity index (χ4v) is 2.10. The minimum absolute atomic E-state index is 0.134. The van der Waals surface area contributed by atoms with E-state index in [1.807, 2.05) is 0 Å². The summed E-state index contributed by atoms with van der Waals surface area (Å²) in [5.74, 6) is 0.150. The van der Waals surface area contributed by atoms with Gasteiger partial charge in [-0.3, -0.25) is 0 Å². The lowest BCUT2D eigenvalue weighted by Crippen LogP contribution is -2.07. The van der Waals surface area contributed by atoms with Crippen LogP contribution in [0, 0.1) is 5.82 Å². The van der Waals surface area contributed by atoms with Crippen molar-refractivity contribution >= 4 is 11.8 Å². The van der Waals surface area contributed by atoms with E-state index in [1.54, 1.807) is 12.1 Å². The van der Waals surface area contributed by atoms with Crippen LogP contribution in [0.4, 0.5) is 16.2 Å². The summed E-state index contributed by atoms with van der Waals surface area (Å²) in [5, 5.41) is 0. The van der Waals surface area contributed by atoms with Gasteiger partial charge in [0.25, 0.3) is 0 Å². The zero-order valence-electron chi connectivity index (χ0n) is 9.43. The summed E-state index contributed by atoms with van der Waals surface area (Å²) in [7, 11) is 0. The molecule has 1 atom stereocenters. The first-order chi connectivity index (χ1) is 8.65. The molecule has 0 spiro atoms. The van der Waals surface area contributed by atoms with Crippen LogP contribution in [0.25, 0.3) is 0 Å². The number of aromatic nitrogens is 2. The lowest BCUT2D eigenvalue weighted by atomic mass is 10.0. The predicted octanol–water partition coefficient (Wildman–Crippen LogP) is 1.40. The number of anilines is 2. The molecule has 0 aliphatic carbocycles. The quantitative estimate of drug-likeness (QED) is 0.794. The Labute approximate surface area is 103 Å². The Bertz CT molecular complexity index is 600. The first-order valence-corrected chi connectivity index (χ1v) is 5.44. The maximum absolute atomic E-state index is 12.9. The van der Waals surface area contributed by atoms with Gasteiger partial charge in [-0.05, 0) is 17.7 Å². The van der Waals surface area contributed by atoms with Gasteiger partial charge in [-0.2, -0.15) is 4.98 Å². The molecule has 1 aromatic carbocycles. The lowest BCUT2D eigenvalue weighted by Gasteiger charge is -2.12. The number of fused-ring (bicyclic) bond motifs is 1. The maximum atomic E-state index is 12.9. The van der Waals surface area contributed by atoms with E-state index < -0.39 is 0 Å². The molecular weight excluding hydrogens is 235 g/mol. The molecule has 4 N–H and O–H groups in total. The van der Waals surface area contributed by atoms with E-state index >= 15 is 0 Å². The zero-order valence-corrected chi connectivity index (χ0v) is 9.43. The molecule has 1 aromatic heterocycles. The monoisotopic (exact) mass is 246 g/mol. The smallest absolute Gasteiger partial charge is 0.222 e. The third kappa shape index (κ3) is 1.67. The third-order valence-electron chi connectivity index (χ3n) is 2.89. The summed E-state index contributed by atoms with van der Waals surface area (Å²) in [4.78, 5) is 8.02. The van der Waals surface area contributed by atoms with Gasteiger partial charge in [0.05, 0.1) is 17.9 Å². The molecule has 1 aliphatic heterocycles. The molecule has 5 nitrogen and oxygen atoms in total. The predicted molar refractivity (Wildman–Crippen MR) is 63.9 cm³/mol. The number of nitrogens with two attached hydrogens (primary N) is 2. The molecule has 3 rings (SSSR count). The standard InChI is InChI=1S/C12H11FN4O/c13-7-3-1-6(2-4-7)10-9-8(5-18-10)16-12(15)17-11(9)14/h1-4,10H,5H2,(H4,14,15,16,17). The number of rotatable bonds is 1. The highest BCUT2D eigenvalue weighted by atomic mass is 19.1. The van der Waals surface area contributed by atoms with Crippen molar-refractivity contribution < 1.29 is 9.13 Å². The molecule has 92 valence electrons. The van der Waals surface area contributed by atoms with Crippen LogP contribution in [0.1, 0.15) is 22.9 Å². The van der Waals surface area contributed by atoms with E-state index in [2.05, 4.69) is 9.97 Å². The molecular formula is C12H11FN4O. The Kier molecular flexibility index (Phi) is 2.38. The van der Waals surface area contributed by atoms with Crippen molar-refractivity contribution in [2.75, 3.05) is 11.5 Å². The Hall–Kier alpha value is -2.21.